The Hall–Kier alpha value is -3.42. The molecule has 0 saturated carbocycles. The third-order valence-corrected chi connectivity index (χ3v) is 4.98. The number of anilines is 2. The van der Waals surface area contributed by atoms with E-state index in [4.69, 9.17) is 4.74 Å². The van der Waals surface area contributed by atoms with Crippen molar-refractivity contribution in [2.75, 3.05) is 29.9 Å². The van der Waals surface area contributed by atoms with Crippen LogP contribution in [0.15, 0.2) is 36.4 Å². The van der Waals surface area contributed by atoms with Crippen molar-refractivity contribution in [3.05, 3.63) is 63.2 Å². The number of nitrogens with one attached hydrogen (secondary N) is 1. The van der Waals surface area contributed by atoms with Crippen molar-refractivity contribution < 1.29 is 19.2 Å². The lowest BCUT2D eigenvalue weighted by Gasteiger charge is -2.17. The first kappa shape index (κ1) is 20.3. The van der Waals surface area contributed by atoms with Gasteiger partial charge in [0.25, 0.3) is 11.6 Å². The van der Waals surface area contributed by atoms with Crippen molar-refractivity contribution in [2.45, 2.75) is 26.7 Å². The van der Waals surface area contributed by atoms with Crippen LogP contribution in [0.2, 0.25) is 0 Å². The van der Waals surface area contributed by atoms with E-state index >= 15 is 0 Å². The molecule has 0 aromatic heterocycles. The van der Waals surface area contributed by atoms with Crippen LogP contribution in [0, 0.1) is 24.0 Å². The maximum atomic E-state index is 12.3. The quantitative estimate of drug-likeness (QED) is 0.454. The van der Waals surface area contributed by atoms with Gasteiger partial charge in [-0.3, -0.25) is 14.9 Å². The summed E-state index contributed by atoms with van der Waals surface area (Å²) in [7, 11) is 0. The maximum Gasteiger partial charge on any atom is 0.338 e. The number of rotatable bonds is 6. The zero-order valence-electron chi connectivity index (χ0n) is 16.4. The van der Waals surface area contributed by atoms with E-state index in [1.165, 1.54) is 12.1 Å². The van der Waals surface area contributed by atoms with Gasteiger partial charge < -0.3 is 15.0 Å². The van der Waals surface area contributed by atoms with Crippen LogP contribution in [0.5, 0.6) is 0 Å². The van der Waals surface area contributed by atoms with Gasteiger partial charge in [0, 0.05) is 24.8 Å². The van der Waals surface area contributed by atoms with E-state index in [-0.39, 0.29) is 11.3 Å². The van der Waals surface area contributed by atoms with Gasteiger partial charge in [0.15, 0.2) is 6.61 Å². The topological polar surface area (TPSA) is 102 Å². The monoisotopic (exact) mass is 397 g/mol. The Morgan fingerprint density at radius 2 is 1.83 bits per heavy atom. The van der Waals surface area contributed by atoms with Crippen LogP contribution < -0.4 is 10.2 Å². The van der Waals surface area contributed by atoms with Crippen molar-refractivity contribution in [1.29, 1.82) is 0 Å². The van der Waals surface area contributed by atoms with E-state index in [1.807, 2.05) is 30.9 Å². The molecule has 1 amide bonds. The number of ether oxygens (including phenoxy) is 1. The molecular formula is C21H23N3O5. The number of carbonyl (C=O) groups is 2. The van der Waals surface area contributed by atoms with Crippen LogP contribution in [0.4, 0.5) is 17.1 Å². The van der Waals surface area contributed by atoms with Crippen molar-refractivity contribution in [2.24, 2.45) is 0 Å². The molecule has 2 aromatic rings. The van der Waals surface area contributed by atoms with Crippen molar-refractivity contribution >= 4 is 28.9 Å². The minimum atomic E-state index is -0.781. The number of nitro groups is 1. The second-order valence-electron chi connectivity index (χ2n) is 7.08. The van der Waals surface area contributed by atoms with Crippen LogP contribution in [0.3, 0.4) is 0 Å². The van der Waals surface area contributed by atoms with Crippen LogP contribution in [-0.2, 0) is 9.53 Å². The number of nitrogens with zero attached hydrogens (tertiary/aromatic N) is 2. The fraction of sp³-hybridized carbons (Fsp3) is 0.333. The molecule has 152 valence electrons. The highest BCUT2D eigenvalue weighted by atomic mass is 16.6. The Balaban J connectivity index is 1.63. The molecule has 1 aliphatic rings. The van der Waals surface area contributed by atoms with Gasteiger partial charge >= 0.3 is 5.97 Å². The summed E-state index contributed by atoms with van der Waals surface area (Å²) in [5.74, 6) is -1.26. The van der Waals surface area contributed by atoms with E-state index in [9.17, 15) is 19.7 Å². The lowest BCUT2D eigenvalue weighted by Crippen LogP contribution is -2.21. The number of hydrogen-bond donors (Lipinski definition) is 1. The number of nitro benzene ring substituents is 1. The highest BCUT2D eigenvalue weighted by Gasteiger charge is 2.24. The molecule has 2 aromatic carbocycles. The number of carbonyl (C=O) groups excluding carboxylic acids is 2. The molecule has 0 bridgehead atoms. The largest absolute Gasteiger partial charge is 0.452 e. The van der Waals surface area contributed by atoms with E-state index in [0.29, 0.717) is 11.4 Å². The highest BCUT2D eigenvalue weighted by molar-refractivity contribution is 5.96. The smallest absolute Gasteiger partial charge is 0.338 e. The molecular weight excluding hydrogens is 374 g/mol. The summed E-state index contributed by atoms with van der Waals surface area (Å²) in [5, 5.41) is 14.1. The molecule has 0 spiro atoms. The van der Waals surface area contributed by atoms with Crippen LogP contribution in [-0.4, -0.2) is 36.5 Å². The fourth-order valence-corrected chi connectivity index (χ4v) is 3.25. The molecule has 0 radical (unpaired) electrons. The Kier molecular flexibility index (Phi) is 6.11. The summed E-state index contributed by atoms with van der Waals surface area (Å²) in [6.45, 7) is 4.93. The summed E-state index contributed by atoms with van der Waals surface area (Å²) in [4.78, 5) is 37.2. The molecule has 0 unspecified atom stereocenters. The first-order valence-electron chi connectivity index (χ1n) is 9.43. The number of benzene rings is 2. The third-order valence-electron chi connectivity index (χ3n) is 4.98. The van der Waals surface area contributed by atoms with Gasteiger partial charge in [-0.15, -0.1) is 0 Å². The SMILES string of the molecule is Cc1ccc(NC(=O)COC(=O)c2ccc(N3CCCC3)c([N+](=O)[O-])c2)cc1C. The van der Waals surface area contributed by atoms with Crippen LogP contribution in [0.1, 0.15) is 34.3 Å². The van der Waals surface area contributed by atoms with Gasteiger partial charge in [-0.2, -0.15) is 0 Å². The Bertz CT molecular complexity index is 951. The zero-order chi connectivity index (χ0) is 21.0. The van der Waals surface area contributed by atoms with Gasteiger partial charge in [0.1, 0.15) is 5.69 Å². The molecule has 1 N–H and O–H groups in total. The number of hydrogen-bond acceptors (Lipinski definition) is 6. The first-order chi connectivity index (χ1) is 13.8. The molecule has 1 aliphatic heterocycles. The Morgan fingerprint density at radius 1 is 1.10 bits per heavy atom. The molecule has 8 heteroatoms. The lowest BCUT2D eigenvalue weighted by molar-refractivity contribution is -0.384. The van der Waals surface area contributed by atoms with E-state index in [2.05, 4.69) is 5.32 Å². The van der Waals surface area contributed by atoms with E-state index in [1.54, 1.807) is 12.1 Å². The molecule has 8 nitrogen and oxygen atoms in total. The van der Waals surface area contributed by atoms with Gasteiger partial charge in [-0.05, 0) is 62.1 Å². The predicted molar refractivity (Wildman–Crippen MR) is 109 cm³/mol. The number of aryl methyl sites for hydroxylation is 2. The zero-order valence-corrected chi connectivity index (χ0v) is 16.4. The second kappa shape index (κ2) is 8.72. The van der Waals surface area contributed by atoms with Crippen LogP contribution >= 0.6 is 0 Å². The number of amides is 1. The summed E-state index contributed by atoms with van der Waals surface area (Å²) in [6, 6.07) is 9.74. The molecule has 1 saturated heterocycles. The number of esters is 1. The Labute approximate surface area is 168 Å². The van der Waals surface area contributed by atoms with E-state index in [0.717, 1.165) is 37.1 Å². The molecule has 3 rings (SSSR count). The maximum absolute atomic E-state index is 12.3. The van der Waals surface area contributed by atoms with Crippen molar-refractivity contribution in [3.8, 4) is 0 Å². The highest BCUT2D eigenvalue weighted by Crippen LogP contribution is 2.31. The predicted octanol–water partition coefficient (Wildman–Crippen LogP) is 3.61. The molecule has 0 aliphatic carbocycles. The van der Waals surface area contributed by atoms with Crippen molar-refractivity contribution in [1.82, 2.24) is 0 Å². The summed E-state index contributed by atoms with van der Waals surface area (Å²) in [6.07, 6.45) is 1.97. The summed E-state index contributed by atoms with van der Waals surface area (Å²) >= 11 is 0. The van der Waals surface area contributed by atoms with Crippen LogP contribution in [0.25, 0.3) is 0 Å². The fourth-order valence-electron chi connectivity index (χ4n) is 3.25. The summed E-state index contributed by atoms with van der Waals surface area (Å²) in [5.41, 5.74) is 3.15. The van der Waals surface area contributed by atoms with E-state index < -0.39 is 23.4 Å². The molecule has 1 heterocycles. The van der Waals surface area contributed by atoms with Crippen molar-refractivity contribution in [3.63, 3.8) is 0 Å². The molecule has 1 fully saturated rings. The Morgan fingerprint density at radius 3 is 2.48 bits per heavy atom. The lowest BCUT2D eigenvalue weighted by atomic mass is 10.1. The minimum Gasteiger partial charge on any atom is -0.452 e. The van der Waals surface area contributed by atoms with Gasteiger partial charge in [0.05, 0.1) is 10.5 Å². The molecule has 0 atom stereocenters. The average Bonchev–Trinajstić information content (AvgIpc) is 3.23. The van der Waals surface area contributed by atoms with Gasteiger partial charge in [-0.1, -0.05) is 6.07 Å². The summed E-state index contributed by atoms with van der Waals surface area (Å²) < 4.78 is 5.03. The first-order valence-corrected chi connectivity index (χ1v) is 9.43. The average molecular weight is 397 g/mol. The van der Waals surface area contributed by atoms with Gasteiger partial charge in [-0.25, -0.2) is 4.79 Å². The normalized spacial score (nSPS) is 13.2. The van der Waals surface area contributed by atoms with Gasteiger partial charge in [0.2, 0.25) is 0 Å². The second-order valence-corrected chi connectivity index (χ2v) is 7.08. The minimum absolute atomic E-state index is 0.0404. The molecule has 29 heavy (non-hydrogen) atoms. The third kappa shape index (κ3) is 4.90. The standard InChI is InChI=1S/C21H23N3O5/c1-14-5-7-17(11-15(14)2)22-20(25)13-29-21(26)16-6-8-18(19(12-16)24(27)28)23-9-3-4-10-23/h5-8,11-12H,3-4,9-10,13H2,1-2H3,(H,22,25).